The van der Waals surface area contributed by atoms with Gasteiger partial charge in [0.2, 0.25) is 5.88 Å². The number of benzene rings is 2. The Morgan fingerprint density at radius 1 is 0.926 bits per heavy atom. The van der Waals surface area contributed by atoms with Gasteiger partial charge in [0, 0.05) is 18.0 Å². The van der Waals surface area contributed by atoms with Crippen LogP contribution in [0.5, 0.6) is 11.6 Å². The standard InChI is InChI=1S/C23H21N3O/c1-3-16(2)17-10-12-19(13-11-17)27-23-20-8-4-5-9-21(20)25-22(26-23)18-7-6-14-24-15-18/h4-16H,3H2,1-2H3/t16-/m1/s1. The van der Waals surface area contributed by atoms with Crippen molar-refractivity contribution >= 4 is 10.9 Å². The molecule has 0 aliphatic rings. The van der Waals surface area contributed by atoms with E-state index in [1.165, 1.54) is 5.56 Å². The molecule has 2 heterocycles. The van der Waals surface area contributed by atoms with E-state index < -0.39 is 0 Å². The van der Waals surface area contributed by atoms with Crippen LogP contribution in [0, 0.1) is 0 Å². The molecule has 4 heteroatoms. The van der Waals surface area contributed by atoms with E-state index in [1.54, 1.807) is 12.4 Å². The van der Waals surface area contributed by atoms with Gasteiger partial charge in [0.1, 0.15) is 5.75 Å². The quantitative estimate of drug-likeness (QED) is 0.441. The van der Waals surface area contributed by atoms with E-state index in [-0.39, 0.29) is 0 Å². The van der Waals surface area contributed by atoms with Crippen molar-refractivity contribution in [3.05, 3.63) is 78.6 Å². The third-order valence-electron chi connectivity index (χ3n) is 4.76. The van der Waals surface area contributed by atoms with Crippen LogP contribution < -0.4 is 4.74 Å². The van der Waals surface area contributed by atoms with Gasteiger partial charge in [0.25, 0.3) is 0 Å². The molecule has 0 saturated heterocycles. The van der Waals surface area contributed by atoms with Crippen molar-refractivity contribution in [2.45, 2.75) is 26.2 Å². The van der Waals surface area contributed by atoms with Gasteiger partial charge in [0.15, 0.2) is 5.82 Å². The van der Waals surface area contributed by atoms with Crippen molar-refractivity contribution in [2.75, 3.05) is 0 Å². The van der Waals surface area contributed by atoms with Gasteiger partial charge in [-0.3, -0.25) is 4.98 Å². The topological polar surface area (TPSA) is 47.9 Å². The van der Waals surface area contributed by atoms with Gasteiger partial charge in [-0.2, -0.15) is 4.98 Å². The maximum absolute atomic E-state index is 6.15. The van der Waals surface area contributed by atoms with E-state index in [9.17, 15) is 0 Å². The number of pyridine rings is 1. The molecule has 2 aromatic carbocycles. The first-order valence-corrected chi connectivity index (χ1v) is 9.19. The molecule has 0 spiro atoms. The Morgan fingerprint density at radius 3 is 2.48 bits per heavy atom. The Balaban J connectivity index is 1.74. The summed E-state index contributed by atoms with van der Waals surface area (Å²) in [7, 11) is 0. The predicted octanol–water partition coefficient (Wildman–Crippen LogP) is 6.00. The third-order valence-corrected chi connectivity index (χ3v) is 4.76. The first-order valence-electron chi connectivity index (χ1n) is 9.19. The Morgan fingerprint density at radius 2 is 1.74 bits per heavy atom. The largest absolute Gasteiger partial charge is 0.438 e. The fourth-order valence-corrected chi connectivity index (χ4v) is 2.96. The lowest BCUT2D eigenvalue weighted by molar-refractivity contribution is 0.468. The van der Waals surface area contributed by atoms with Crippen LogP contribution in [0.15, 0.2) is 73.1 Å². The van der Waals surface area contributed by atoms with Crippen LogP contribution in [0.3, 0.4) is 0 Å². The van der Waals surface area contributed by atoms with Crippen LogP contribution in [0.1, 0.15) is 31.7 Å². The molecule has 0 N–H and O–H groups in total. The van der Waals surface area contributed by atoms with Crippen LogP contribution in [-0.2, 0) is 0 Å². The summed E-state index contributed by atoms with van der Waals surface area (Å²) in [5.41, 5.74) is 3.02. The predicted molar refractivity (Wildman–Crippen MR) is 108 cm³/mol. The summed E-state index contributed by atoms with van der Waals surface area (Å²) in [6, 6.07) is 19.9. The summed E-state index contributed by atoms with van der Waals surface area (Å²) in [5, 5.41) is 0.885. The minimum Gasteiger partial charge on any atom is -0.438 e. The molecule has 0 fully saturated rings. The van der Waals surface area contributed by atoms with E-state index in [0.29, 0.717) is 17.6 Å². The molecule has 0 saturated carbocycles. The molecule has 0 bridgehead atoms. The van der Waals surface area contributed by atoms with Crippen LogP contribution in [-0.4, -0.2) is 15.0 Å². The SMILES string of the molecule is CC[C@@H](C)c1ccc(Oc2nc(-c3cccnc3)nc3ccccc23)cc1. The highest BCUT2D eigenvalue weighted by Gasteiger charge is 2.12. The van der Waals surface area contributed by atoms with Gasteiger partial charge in [-0.05, 0) is 54.3 Å². The summed E-state index contributed by atoms with van der Waals surface area (Å²) in [5.74, 6) is 2.46. The van der Waals surface area contributed by atoms with E-state index in [4.69, 9.17) is 4.74 Å². The molecular formula is C23H21N3O. The number of aromatic nitrogens is 3. The van der Waals surface area contributed by atoms with Crippen LogP contribution in [0.4, 0.5) is 0 Å². The summed E-state index contributed by atoms with van der Waals surface area (Å²) in [6.45, 7) is 4.43. The molecule has 0 unspecified atom stereocenters. The highest BCUT2D eigenvalue weighted by Crippen LogP contribution is 2.30. The van der Waals surface area contributed by atoms with Crippen molar-refractivity contribution in [2.24, 2.45) is 0 Å². The maximum atomic E-state index is 6.15. The lowest BCUT2D eigenvalue weighted by atomic mass is 9.99. The first-order chi connectivity index (χ1) is 13.2. The van der Waals surface area contributed by atoms with Gasteiger partial charge in [0.05, 0.1) is 10.9 Å². The number of hydrogen-bond donors (Lipinski definition) is 0. The second-order valence-corrected chi connectivity index (χ2v) is 6.59. The van der Waals surface area contributed by atoms with Crippen LogP contribution >= 0.6 is 0 Å². The number of ether oxygens (including phenoxy) is 1. The maximum Gasteiger partial charge on any atom is 0.230 e. The van der Waals surface area contributed by atoms with E-state index in [0.717, 1.165) is 28.6 Å². The van der Waals surface area contributed by atoms with Gasteiger partial charge < -0.3 is 4.74 Å². The molecule has 4 nitrogen and oxygen atoms in total. The number of rotatable bonds is 5. The lowest BCUT2D eigenvalue weighted by Gasteiger charge is -2.12. The van der Waals surface area contributed by atoms with Gasteiger partial charge in [-0.1, -0.05) is 38.1 Å². The summed E-state index contributed by atoms with van der Waals surface area (Å²) < 4.78 is 6.15. The molecule has 0 aliphatic carbocycles. The highest BCUT2D eigenvalue weighted by molar-refractivity contribution is 5.85. The van der Waals surface area contributed by atoms with E-state index >= 15 is 0 Å². The first kappa shape index (κ1) is 17.2. The molecule has 4 rings (SSSR count). The zero-order valence-corrected chi connectivity index (χ0v) is 15.5. The minimum atomic E-state index is 0.538. The van der Waals surface area contributed by atoms with Crippen molar-refractivity contribution < 1.29 is 4.74 Å². The monoisotopic (exact) mass is 355 g/mol. The Kier molecular flexibility index (Phi) is 4.79. The smallest absolute Gasteiger partial charge is 0.230 e. The Labute approximate surface area is 158 Å². The molecule has 4 aromatic rings. The molecule has 1 atom stereocenters. The molecule has 27 heavy (non-hydrogen) atoms. The van der Waals surface area contributed by atoms with Crippen molar-refractivity contribution in [1.29, 1.82) is 0 Å². The summed E-state index contributed by atoms with van der Waals surface area (Å²) in [4.78, 5) is 13.5. The van der Waals surface area contributed by atoms with Crippen LogP contribution in [0.25, 0.3) is 22.3 Å². The molecule has 2 aromatic heterocycles. The highest BCUT2D eigenvalue weighted by atomic mass is 16.5. The number of nitrogens with zero attached hydrogens (tertiary/aromatic N) is 3. The Bertz CT molecular complexity index is 1050. The second kappa shape index (κ2) is 7.54. The molecule has 0 radical (unpaired) electrons. The molecular weight excluding hydrogens is 334 g/mol. The van der Waals surface area contributed by atoms with Crippen molar-refractivity contribution in [3.8, 4) is 23.0 Å². The van der Waals surface area contributed by atoms with Gasteiger partial charge >= 0.3 is 0 Å². The second-order valence-electron chi connectivity index (χ2n) is 6.59. The molecule has 0 amide bonds. The molecule has 0 aliphatic heterocycles. The van der Waals surface area contributed by atoms with E-state index in [2.05, 4.69) is 40.9 Å². The fraction of sp³-hybridized carbons (Fsp3) is 0.174. The average molecular weight is 355 g/mol. The summed E-state index contributed by atoms with van der Waals surface area (Å²) >= 11 is 0. The van der Waals surface area contributed by atoms with Crippen molar-refractivity contribution in [3.63, 3.8) is 0 Å². The third kappa shape index (κ3) is 3.65. The zero-order valence-electron chi connectivity index (χ0n) is 15.5. The van der Waals surface area contributed by atoms with Gasteiger partial charge in [-0.25, -0.2) is 4.98 Å². The lowest BCUT2D eigenvalue weighted by Crippen LogP contribution is -1.97. The number of para-hydroxylation sites is 1. The number of hydrogen-bond acceptors (Lipinski definition) is 4. The van der Waals surface area contributed by atoms with Crippen molar-refractivity contribution in [1.82, 2.24) is 15.0 Å². The van der Waals surface area contributed by atoms with Gasteiger partial charge in [-0.15, -0.1) is 0 Å². The Hall–Kier alpha value is -3.27. The molecule has 134 valence electrons. The van der Waals surface area contributed by atoms with E-state index in [1.807, 2.05) is 48.5 Å². The number of fused-ring (bicyclic) bond motifs is 1. The summed E-state index contributed by atoms with van der Waals surface area (Å²) in [6.07, 6.45) is 4.61. The normalized spacial score (nSPS) is 12.1. The zero-order chi connectivity index (χ0) is 18.6. The average Bonchev–Trinajstić information content (AvgIpc) is 2.74. The van der Waals surface area contributed by atoms with Crippen LogP contribution in [0.2, 0.25) is 0 Å². The minimum absolute atomic E-state index is 0.538. The fourth-order valence-electron chi connectivity index (χ4n) is 2.96.